The third-order valence-corrected chi connectivity index (χ3v) is 3.97. The van der Waals surface area contributed by atoms with Crippen molar-refractivity contribution in [1.29, 1.82) is 0 Å². The van der Waals surface area contributed by atoms with Gasteiger partial charge in [0.25, 0.3) is 0 Å². The first-order valence-electron chi connectivity index (χ1n) is 5.73. The van der Waals surface area contributed by atoms with Crippen LogP contribution in [0.5, 0.6) is 0 Å². The summed E-state index contributed by atoms with van der Waals surface area (Å²) < 4.78 is 22.3. The van der Waals surface area contributed by atoms with E-state index in [0.717, 1.165) is 17.9 Å². The molecule has 94 valence electrons. The molecule has 1 aliphatic heterocycles. The standard InChI is InChI=1S/C12H18N2O2S/c1-9-4-3-5-11-12(9)13-8-10(14-11)6-7-17(2,15)16/h3-5,10,13-14H,6-8H2,1-2H3. The molecule has 0 radical (unpaired) electrons. The number of hydrogen-bond acceptors (Lipinski definition) is 4. The van der Waals surface area contributed by atoms with E-state index in [1.807, 2.05) is 12.1 Å². The van der Waals surface area contributed by atoms with Crippen molar-refractivity contribution in [2.45, 2.75) is 19.4 Å². The molecule has 17 heavy (non-hydrogen) atoms. The van der Waals surface area contributed by atoms with Crippen LogP contribution in [-0.4, -0.2) is 33.0 Å². The second-order valence-corrected chi connectivity index (χ2v) is 6.90. The summed E-state index contributed by atoms with van der Waals surface area (Å²) in [7, 11) is -2.88. The van der Waals surface area contributed by atoms with Gasteiger partial charge < -0.3 is 10.6 Å². The smallest absolute Gasteiger partial charge is 0.147 e. The van der Waals surface area contributed by atoms with E-state index in [2.05, 4.69) is 23.6 Å². The van der Waals surface area contributed by atoms with Gasteiger partial charge in [-0.1, -0.05) is 12.1 Å². The van der Waals surface area contributed by atoms with Gasteiger partial charge in [-0.15, -0.1) is 0 Å². The molecule has 5 heteroatoms. The third-order valence-electron chi connectivity index (χ3n) is 2.99. The van der Waals surface area contributed by atoms with Gasteiger partial charge in [0.05, 0.1) is 17.1 Å². The maximum absolute atomic E-state index is 11.1. The molecule has 1 heterocycles. The maximum atomic E-state index is 11.1. The van der Waals surface area contributed by atoms with E-state index in [9.17, 15) is 8.42 Å². The molecule has 0 spiro atoms. The molecule has 0 bridgehead atoms. The lowest BCUT2D eigenvalue weighted by molar-refractivity contribution is 0.594. The lowest BCUT2D eigenvalue weighted by Gasteiger charge is -2.29. The van der Waals surface area contributed by atoms with Gasteiger partial charge in [-0.25, -0.2) is 8.42 Å². The van der Waals surface area contributed by atoms with E-state index < -0.39 is 9.84 Å². The summed E-state index contributed by atoms with van der Waals surface area (Å²) in [4.78, 5) is 0. The molecule has 1 unspecified atom stereocenters. The molecule has 2 N–H and O–H groups in total. The van der Waals surface area contributed by atoms with Crippen LogP contribution in [-0.2, 0) is 9.84 Å². The Bertz CT molecular complexity index is 511. The van der Waals surface area contributed by atoms with Crippen LogP contribution in [0.2, 0.25) is 0 Å². The lowest BCUT2D eigenvalue weighted by atomic mass is 10.1. The van der Waals surface area contributed by atoms with Crippen LogP contribution < -0.4 is 10.6 Å². The van der Waals surface area contributed by atoms with Gasteiger partial charge in [-0.2, -0.15) is 0 Å². The van der Waals surface area contributed by atoms with E-state index in [4.69, 9.17) is 0 Å². The van der Waals surface area contributed by atoms with E-state index in [1.54, 1.807) is 0 Å². The Morgan fingerprint density at radius 2 is 2.18 bits per heavy atom. The molecule has 0 saturated heterocycles. The number of fused-ring (bicyclic) bond motifs is 1. The first-order valence-corrected chi connectivity index (χ1v) is 7.79. The van der Waals surface area contributed by atoms with Crippen molar-refractivity contribution in [2.24, 2.45) is 0 Å². The highest BCUT2D eigenvalue weighted by molar-refractivity contribution is 7.90. The van der Waals surface area contributed by atoms with Crippen molar-refractivity contribution in [3.8, 4) is 0 Å². The Balaban J connectivity index is 2.04. The molecule has 0 fully saturated rings. The number of benzene rings is 1. The minimum Gasteiger partial charge on any atom is -0.381 e. The molecular formula is C12H18N2O2S. The zero-order valence-electron chi connectivity index (χ0n) is 10.2. The monoisotopic (exact) mass is 254 g/mol. The van der Waals surface area contributed by atoms with Crippen LogP contribution in [0.15, 0.2) is 18.2 Å². The van der Waals surface area contributed by atoms with Crippen LogP contribution >= 0.6 is 0 Å². The van der Waals surface area contributed by atoms with Crippen molar-refractivity contribution in [3.63, 3.8) is 0 Å². The third kappa shape index (κ3) is 3.12. The molecule has 1 atom stereocenters. The quantitative estimate of drug-likeness (QED) is 0.861. The van der Waals surface area contributed by atoms with Crippen molar-refractivity contribution in [1.82, 2.24) is 0 Å². The van der Waals surface area contributed by atoms with Gasteiger partial charge in [0.15, 0.2) is 0 Å². The minimum absolute atomic E-state index is 0.180. The van der Waals surface area contributed by atoms with Crippen molar-refractivity contribution in [3.05, 3.63) is 23.8 Å². The summed E-state index contributed by atoms with van der Waals surface area (Å²) in [5, 5.41) is 6.74. The summed E-state index contributed by atoms with van der Waals surface area (Å²) >= 11 is 0. The molecule has 1 aromatic rings. The molecule has 1 aliphatic rings. The largest absolute Gasteiger partial charge is 0.381 e. The number of para-hydroxylation sites is 1. The van der Waals surface area contributed by atoms with E-state index >= 15 is 0 Å². The van der Waals surface area contributed by atoms with Crippen LogP contribution in [0.4, 0.5) is 11.4 Å². The molecule has 2 rings (SSSR count). The van der Waals surface area contributed by atoms with Crippen LogP contribution in [0.3, 0.4) is 0 Å². The second kappa shape index (κ2) is 4.56. The van der Waals surface area contributed by atoms with Crippen molar-refractivity contribution in [2.75, 3.05) is 29.2 Å². The number of anilines is 2. The Labute approximate surface area is 102 Å². The minimum atomic E-state index is -2.88. The maximum Gasteiger partial charge on any atom is 0.147 e. The lowest BCUT2D eigenvalue weighted by Crippen LogP contribution is -2.34. The summed E-state index contributed by atoms with van der Waals surface area (Å²) in [5.74, 6) is 0.230. The van der Waals surface area contributed by atoms with Crippen LogP contribution in [0.25, 0.3) is 0 Å². The average molecular weight is 254 g/mol. The molecule has 4 nitrogen and oxygen atoms in total. The second-order valence-electron chi connectivity index (χ2n) is 4.64. The average Bonchev–Trinajstić information content (AvgIpc) is 2.26. The molecule has 0 aromatic heterocycles. The van der Waals surface area contributed by atoms with Gasteiger partial charge in [0.2, 0.25) is 0 Å². The zero-order chi connectivity index (χ0) is 12.5. The van der Waals surface area contributed by atoms with Crippen LogP contribution in [0, 0.1) is 6.92 Å². The summed E-state index contributed by atoms with van der Waals surface area (Å²) in [6.07, 6.45) is 1.92. The molecule has 0 aliphatic carbocycles. The number of nitrogens with one attached hydrogen (secondary N) is 2. The summed E-state index contributed by atoms with van der Waals surface area (Å²) in [6, 6.07) is 6.26. The van der Waals surface area contributed by atoms with Gasteiger partial charge in [0.1, 0.15) is 9.84 Å². The van der Waals surface area contributed by atoms with Crippen LogP contribution in [0.1, 0.15) is 12.0 Å². The Morgan fingerprint density at radius 1 is 1.41 bits per heavy atom. The van der Waals surface area contributed by atoms with E-state index in [0.29, 0.717) is 6.42 Å². The molecule has 0 saturated carbocycles. The first-order chi connectivity index (χ1) is 7.96. The fourth-order valence-corrected chi connectivity index (χ4v) is 2.76. The summed E-state index contributed by atoms with van der Waals surface area (Å²) in [5.41, 5.74) is 3.40. The van der Waals surface area contributed by atoms with Crippen molar-refractivity contribution >= 4 is 21.2 Å². The molecular weight excluding hydrogens is 236 g/mol. The number of hydrogen-bond donors (Lipinski definition) is 2. The number of aryl methyl sites for hydroxylation is 1. The summed E-state index contributed by atoms with van der Waals surface area (Å²) in [6.45, 7) is 2.83. The Morgan fingerprint density at radius 3 is 2.88 bits per heavy atom. The molecule has 1 aromatic carbocycles. The first kappa shape index (κ1) is 12.2. The molecule has 0 amide bonds. The van der Waals surface area contributed by atoms with Gasteiger partial charge in [-0.3, -0.25) is 0 Å². The fourth-order valence-electron chi connectivity index (χ4n) is 2.05. The fraction of sp³-hybridized carbons (Fsp3) is 0.500. The van der Waals surface area contributed by atoms with Gasteiger partial charge >= 0.3 is 0 Å². The number of sulfone groups is 1. The van der Waals surface area contributed by atoms with Crippen molar-refractivity contribution < 1.29 is 8.42 Å². The highest BCUT2D eigenvalue weighted by atomic mass is 32.2. The normalized spacial score (nSPS) is 19.1. The van der Waals surface area contributed by atoms with E-state index in [1.165, 1.54) is 11.8 Å². The SMILES string of the molecule is Cc1cccc2c1NCC(CCS(C)(=O)=O)N2. The number of rotatable bonds is 3. The predicted octanol–water partition coefficient (Wildman–Crippen LogP) is 1.64. The highest BCUT2D eigenvalue weighted by Gasteiger charge is 2.19. The van der Waals surface area contributed by atoms with E-state index in [-0.39, 0.29) is 11.8 Å². The zero-order valence-corrected chi connectivity index (χ0v) is 11.0. The predicted molar refractivity (Wildman–Crippen MR) is 71.4 cm³/mol. The Hall–Kier alpha value is -1.23. The topological polar surface area (TPSA) is 58.2 Å². The Kier molecular flexibility index (Phi) is 3.28. The van der Waals surface area contributed by atoms with Gasteiger partial charge in [0, 0.05) is 18.8 Å². The highest BCUT2D eigenvalue weighted by Crippen LogP contribution is 2.29. The van der Waals surface area contributed by atoms with Gasteiger partial charge in [-0.05, 0) is 25.0 Å².